The minimum atomic E-state index is -0.414. The van der Waals surface area contributed by atoms with Crippen LogP contribution in [0.15, 0.2) is 18.6 Å². The Morgan fingerprint density at radius 3 is 2.89 bits per heavy atom. The van der Waals surface area contributed by atoms with E-state index in [1.165, 1.54) is 0 Å². The van der Waals surface area contributed by atoms with Gasteiger partial charge in [-0.15, -0.1) is 10.2 Å². The smallest absolute Gasteiger partial charge is 0.316 e. The zero-order chi connectivity index (χ0) is 13.1. The molecular formula is C12H16N4O2. The number of hydrogen-bond donors (Lipinski definition) is 0. The van der Waals surface area contributed by atoms with Crippen LogP contribution < -0.4 is 0 Å². The Hall–Kier alpha value is -1.98. The fourth-order valence-corrected chi connectivity index (χ4v) is 1.89. The van der Waals surface area contributed by atoms with Crippen LogP contribution in [-0.4, -0.2) is 32.2 Å². The maximum atomic E-state index is 12.0. The van der Waals surface area contributed by atoms with Crippen LogP contribution in [0.3, 0.4) is 0 Å². The van der Waals surface area contributed by atoms with Gasteiger partial charge in [0, 0.05) is 12.4 Å². The molecule has 2 heterocycles. The van der Waals surface area contributed by atoms with Gasteiger partial charge in [0.15, 0.2) is 11.5 Å². The Morgan fingerprint density at radius 1 is 1.44 bits per heavy atom. The molecule has 6 heteroatoms. The summed E-state index contributed by atoms with van der Waals surface area (Å²) in [6, 6.07) is 0. The molecule has 0 saturated carbocycles. The molecule has 1 unspecified atom stereocenters. The molecule has 0 bridgehead atoms. The maximum Gasteiger partial charge on any atom is 0.316 e. The highest BCUT2D eigenvalue weighted by molar-refractivity contribution is 5.77. The first-order chi connectivity index (χ1) is 8.65. The van der Waals surface area contributed by atoms with Crippen LogP contribution in [0, 0.1) is 5.92 Å². The van der Waals surface area contributed by atoms with Crippen molar-refractivity contribution in [3.05, 3.63) is 24.4 Å². The van der Waals surface area contributed by atoms with E-state index in [-0.39, 0.29) is 11.9 Å². The lowest BCUT2D eigenvalue weighted by atomic mass is 9.95. The average molecular weight is 248 g/mol. The van der Waals surface area contributed by atoms with Gasteiger partial charge in [-0.3, -0.25) is 14.2 Å². The number of carbonyl (C=O) groups is 1. The van der Waals surface area contributed by atoms with Crippen LogP contribution in [0.25, 0.3) is 5.65 Å². The van der Waals surface area contributed by atoms with Gasteiger partial charge in [0.1, 0.15) is 5.92 Å². The molecule has 6 nitrogen and oxygen atoms in total. The van der Waals surface area contributed by atoms with Crippen molar-refractivity contribution in [1.29, 1.82) is 0 Å². The lowest BCUT2D eigenvalue weighted by molar-refractivity contribution is -0.146. The fourth-order valence-electron chi connectivity index (χ4n) is 1.89. The lowest BCUT2D eigenvalue weighted by Crippen LogP contribution is -2.23. The highest BCUT2D eigenvalue weighted by Gasteiger charge is 2.30. The van der Waals surface area contributed by atoms with E-state index in [0.29, 0.717) is 18.1 Å². The molecule has 2 aromatic heterocycles. The molecule has 18 heavy (non-hydrogen) atoms. The Kier molecular flexibility index (Phi) is 3.55. The van der Waals surface area contributed by atoms with Gasteiger partial charge in [-0.25, -0.2) is 0 Å². The number of ether oxygens (including phenoxy) is 1. The first kappa shape index (κ1) is 12.5. The van der Waals surface area contributed by atoms with Gasteiger partial charge in [-0.05, 0) is 12.8 Å². The van der Waals surface area contributed by atoms with Crippen LogP contribution >= 0.6 is 0 Å². The van der Waals surface area contributed by atoms with E-state index in [4.69, 9.17) is 4.74 Å². The molecule has 2 rings (SSSR count). The van der Waals surface area contributed by atoms with E-state index in [1.807, 2.05) is 13.8 Å². The second-order valence-electron chi connectivity index (χ2n) is 4.34. The van der Waals surface area contributed by atoms with Gasteiger partial charge >= 0.3 is 5.97 Å². The van der Waals surface area contributed by atoms with Crippen LogP contribution in [0.1, 0.15) is 32.5 Å². The molecule has 1 atom stereocenters. The largest absolute Gasteiger partial charge is 0.465 e. The fraction of sp³-hybridized carbons (Fsp3) is 0.500. The van der Waals surface area contributed by atoms with E-state index in [0.717, 1.165) is 0 Å². The minimum absolute atomic E-state index is 0.0876. The van der Waals surface area contributed by atoms with Gasteiger partial charge < -0.3 is 4.74 Å². The highest BCUT2D eigenvalue weighted by Crippen LogP contribution is 2.24. The normalized spacial score (nSPS) is 12.9. The molecule has 0 aliphatic carbocycles. The molecule has 0 aromatic carbocycles. The molecule has 0 spiro atoms. The van der Waals surface area contributed by atoms with E-state index in [9.17, 15) is 4.79 Å². The summed E-state index contributed by atoms with van der Waals surface area (Å²) in [7, 11) is 0. The van der Waals surface area contributed by atoms with Crippen molar-refractivity contribution in [2.45, 2.75) is 26.7 Å². The number of nitrogens with zero attached hydrogens (tertiary/aromatic N) is 4. The molecule has 0 aliphatic heterocycles. The van der Waals surface area contributed by atoms with E-state index in [1.54, 1.807) is 29.9 Å². The van der Waals surface area contributed by atoms with Crippen molar-refractivity contribution in [2.24, 2.45) is 5.92 Å². The predicted octanol–water partition coefficient (Wildman–Crippen LogP) is 1.43. The third kappa shape index (κ3) is 2.18. The zero-order valence-electron chi connectivity index (χ0n) is 10.7. The van der Waals surface area contributed by atoms with E-state index < -0.39 is 5.92 Å². The number of esters is 1. The Morgan fingerprint density at radius 2 is 2.22 bits per heavy atom. The second-order valence-corrected chi connectivity index (χ2v) is 4.34. The molecule has 0 aliphatic rings. The van der Waals surface area contributed by atoms with Crippen LogP contribution in [-0.2, 0) is 9.53 Å². The topological polar surface area (TPSA) is 69.4 Å². The second kappa shape index (κ2) is 5.12. The molecule has 0 amide bonds. The van der Waals surface area contributed by atoms with Crippen molar-refractivity contribution in [3.8, 4) is 0 Å². The summed E-state index contributed by atoms with van der Waals surface area (Å²) in [5, 5.41) is 8.10. The molecule has 0 radical (unpaired) electrons. The van der Waals surface area contributed by atoms with Crippen molar-refractivity contribution < 1.29 is 9.53 Å². The third-order valence-electron chi connectivity index (χ3n) is 2.73. The van der Waals surface area contributed by atoms with Crippen molar-refractivity contribution >= 4 is 11.6 Å². The number of fused-ring (bicyclic) bond motifs is 1. The summed E-state index contributed by atoms with van der Waals surface area (Å²) in [6.45, 7) is 6.08. The quantitative estimate of drug-likeness (QED) is 0.765. The third-order valence-corrected chi connectivity index (χ3v) is 2.73. The van der Waals surface area contributed by atoms with Crippen LogP contribution in [0.2, 0.25) is 0 Å². The monoisotopic (exact) mass is 248 g/mol. The number of hydrogen-bond acceptors (Lipinski definition) is 5. The Labute approximate surface area is 105 Å². The zero-order valence-corrected chi connectivity index (χ0v) is 10.7. The van der Waals surface area contributed by atoms with E-state index >= 15 is 0 Å². The number of rotatable bonds is 4. The molecule has 2 aromatic rings. The number of aromatic nitrogens is 4. The molecule has 0 saturated heterocycles. The molecule has 96 valence electrons. The van der Waals surface area contributed by atoms with E-state index in [2.05, 4.69) is 15.2 Å². The molecule has 0 N–H and O–H groups in total. The van der Waals surface area contributed by atoms with Gasteiger partial charge in [0.2, 0.25) is 0 Å². The summed E-state index contributed by atoms with van der Waals surface area (Å²) in [6.07, 6.45) is 5.00. The maximum absolute atomic E-state index is 12.0. The Balaban J connectivity index is 2.45. The van der Waals surface area contributed by atoms with Gasteiger partial charge in [0.05, 0.1) is 12.8 Å². The number of carbonyl (C=O) groups excluding carboxylic acids is 1. The van der Waals surface area contributed by atoms with Gasteiger partial charge in [-0.1, -0.05) is 13.8 Å². The standard InChI is InChI=1S/C12H16N4O2/c1-4-18-12(17)10(8(2)3)11-15-14-9-7-13-5-6-16(9)11/h5-8,10H,4H2,1-3H3. The van der Waals surface area contributed by atoms with Crippen molar-refractivity contribution in [2.75, 3.05) is 6.61 Å². The summed E-state index contributed by atoms with van der Waals surface area (Å²) in [5.41, 5.74) is 0.627. The van der Waals surface area contributed by atoms with Crippen LogP contribution in [0.4, 0.5) is 0 Å². The summed E-state index contributed by atoms with van der Waals surface area (Å²) in [5.74, 6) is 0.00595. The SMILES string of the molecule is CCOC(=O)C(c1nnc2cnccn12)C(C)C. The summed E-state index contributed by atoms with van der Waals surface area (Å²) < 4.78 is 6.87. The molecular weight excluding hydrogens is 232 g/mol. The minimum Gasteiger partial charge on any atom is -0.465 e. The van der Waals surface area contributed by atoms with Crippen molar-refractivity contribution in [1.82, 2.24) is 19.6 Å². The molecule has 0 fully saturated rings. The Bertz CT molecular complexity index is 550. The van der Waals surface area contributed by atoms with Gasteiger partial charge in [-0.2, -0.15) is 0 Å². The first-order valence-corrected chi connectivity index (χ1v) is 5.96. The predicted molar refractivity (Wildman–Crippen MR) is 65.0 cm³/mol. The summed E-state index contributed by atoms with van der Waals surface area (Å²) in [4.78, 5) is 16.0. The lowest BCUT2D eigenvalue weighted by Gasteiger charge is -2.17. The van der Waals surface area contributed by atoms with Gasteiger partial charge in [0.25, 0.3) is 0 Å². The van der Waals surface area contributed by atoms with Crippen LogP contribution in [0.5, 0.6) is 0 Å². The van der Waals surface area contributed by atoms with Crippen molar-refractivity contribution in [3.63, 3.8) is 0 Å². The first-order valence-electron chi connectivity index (χ1n) is 5.96. The summed E-state index contributed by atoms with van der Waals surface area (Å²) >= 11 is 0. The highest BCUT2D eigenvalue weighted by atomic mass is 16.5. The average Bonchev–Trinajstić information content (AvgIpc) is 2.74.